The summed E-state index contributed by atoms with van der Waals surface area (Å²) in [7, 11) is 0. The van der Waals surface area contributed by atoms with E-state index in [1.165, 1.54) is 12.1 Å². The fourth-order valence-electron chi connectivity index (χ4n) is 2.93. The van der Waals surface area contributed by atoms with Gasteiger partial charge in [0.05, 0.1) is 22.7 Å². The Labute approximate surface area is 163 Å². The van der Waals surface area contributed by atoms with Crippen LogP contribution in [0.15, 0.2) is 24.3 Å². The molecule has 3 rings (SSSR count). The molecule has 0 radical (unpaired) electrons. The Morgan fingerprint density at radius 1 is 1.35 bits per heavy atom. The van der Waals surface area contributed by atoms with Crippen LogP contribution in [0.3, 0.4) is 0 Å². The van der Waals surface area contributed by atoms with Crippen LogP contribution in [0.4, 0.5) is 4.39 Å². The first kappa shape index (κ1) is 20.8. The van der Waals surface area contributed by atoms with Crippen molar-refractivity contribution < 1.29 is 9.18 Å². The molecule has 1 aromatic heterocycles. The molecule has 2 aromatic rings. The summed E-state index contributed by atoms with van der Waals surface area (Å²) >= 11 is 1.57. The molecule has 0 bridgehead atoms. The molecule has 3 N–H and O–H groups in total. The molecule has 0 fully saturated rings. The van der Waals surface area contributed by atoms with Crippen molar-refractivity contribution in [2.75, 3.05) is 0 Å². The van der Waals surface area contributed by atoms with E-state index in [9.17, 15) is 9.18 Å². The average Bonchev–Trinajstić information content (AvgIpc) is 2.99. The number of thiazole rings is 1. The molecule has 1 unspecified atom stereocenters. The van der Waals surface area contributed by atoms with Crippen LogP contribution in [-0.2, 0) is 11.2 Å². The molecule has 7 heteroatoms. The Hall–Kier alpha value is -1.50. The van der Waals surface area contributed by atoms with E-state index >= 15 is 0 Å². The molecule has 0 spiro atoms. The van der Waals surface area contributed by atoms with Gasteiger partial charge in [-0.25, -0.2) is 9.37 Å². The van der Waals surface area contributed by atoms with Crippen LogP contribution >= 0.6 is 23.7 Å². The Bertz CT molecular complexity index is 770. The van der Waals surface area contributed by atoms with Crippen molar-refractivity contribution in [3.05, 3.63) is 40.7 Å². The highest BCUT2D eigenvalue weighted by atomic mass is 35.5. The van der Waals surface area contributed by atoms with E-state index in [0.717, 1.165) is 40.4 Å². The van der Waals surface area contributed by atoms with Gasteiger partial charge in [-0.15, -0.1) is 23.7 Å². The molecular formula is C19H25ClFN3OS. The maximum absolute atomic E-state index is 13.1. The highest BCUT2D eigenvalue weighted by Gasteiger charge is 2.32. The quantitative estimate of drug-likeness (QED) is 0.813. The smallest absolute Gasteiger partial charge is 0.237 e. The molecular weight excluding hydrogens is 373 g/mol. The number of amides is 1. The second kappa shape index (κ2) is 8.03. The Kier molecular flexibility index (Phi) is 6.42. The number of carbonyl (C=O) groups excluding carboxylic acids is 1. The number of rotatable bonds is 3. The first-order valence-electron chi connectivity index (χ1n) is 8.57. The summed E-state index contributed by atoms with van der Waals surface area (Å²) < 4.78 is 13.1. The summed E-state index contributed by atoms with van der Waals surface area (Å²) in [4.78, 5) is 18.3. The number of aromatic nitrogens is 1. The summed E-state index contributed by atoms with van der Waals surface area (Å²) in [6, 6.07) is 5.76. The highest BCUT2D eigenvalue weighted by Crippen LogP contribution is 2.38. The van der Waals surface area contributed by atoms with Crippen LogP contribution in [-0.4, -0.2) is 16.9 Å². The van der Waals surface area contributed by atoms with Crippen LogP contribution < -0.4 is 11.1 Å². The maximum Gasteiger partial charge on any atom is 0.237 e. The number of hydrogen-bond donors (Lipinski definition) is 2. The van der Waals surface area contributed by atoms with Crippen molar-refractivity contribution in [3.63, 3.8) is 0 Å². The predicted octanol–water partition coefficient (Wildman–Crippen LogP) is 4.24. The third kappa shape index (κ3) is 4.42. The second-order valence-corrected chi connectivity index (χ2v) is 8.66. The van der Waals surface area contributed by atoms with Crippen LogP contribution in [0, 0.1) is 11.2 Å². The van der Waals surface area contributed by atoms with Gasteiger partial charge < -0.3 is 11.1 Å². The van der Waals surface area contributed by atoms with Crippen molar-refractivity contribution in [1.29, 1.82) is 0 Å². The number of aryl methyl sites for hydroxylation is 1. The minimum atomic E-state index is -0.553. The topological polar surface area (TPSA) is 68.0 Å². The van der Waals surface area contributed by atoms with Crippen LogP contribution in [0.1, 0.15) is 50.2 Å². The van der Waals surface area contributed by atoms with Gasteiger partial charge >= 0.3 is 0 Å². The van der Waals surface area contributed by atoms with E-state index in [1.807, 2.05) is 20.8 Å². The molecule has 1 aliphatic rings. The molecule has 1 amide bonds. The van der Waals surface area contributed by atoms with E-state index in [0.29, 0.717) is 0 Å². The number of hydrogen-bond acceptors (Lipinski definition) is 4. The monoisotopic (exact) mass is 397 g/mol. The summed E-state index contributed by atoms with van der Waals surface area (Å²) in [5.41, 5.74) is 7.73. The molecule has 0 aliphatic heterocycles. The van der Waals surface area contributed by atoms with Crippen molar-refractivity contribution >= 4 is 29.7 Å². The minimum absolute atomic E-state index is 0. The first-order valence-corrected chi connectivity index (χ1v) is 9.39. The highest BCUT2D eigenvalue weighted by molar-refractivity contribution is 7.15. The molecule has 1 aliphatic carbocycles. The molecule has 2 atom stereocenters. The Morgan fingerprint density at radius 2 is 2.00 bits per heavy atom. The molecule has 1 aromatic carbocycles. The normalized spacial score (nSPS) is 17.8. The maximum atomic E-state index is 13.1. The van der Waals surface area contributed by atoms with Crippen molar-refractivity contribution in [2.24, 2.45) is 11.1 Å². The Morgan fingerprint density at radius 3 is 2.62 bits per heavy atom. The number of nitrogens with one attached hydrogen (secondary N) is 1. The fraction of sp³-hybridized carbons (Fsp3) is 0.474. The number of benzene rings is 1. The molecule has 0 saturated heterocycles. The predicted molar refractivity (Wildman–Crippen MR) is 106 cm³/mol. The Balaban J connectivity index is 0.00000243. The lowest BCUT2D eigenvalue weighted by Gasteiger charge is -2.29. The zero-order valence-electron chi connectivity index (χ0n) is 15.2. The van der Waals surface area contributed by atoms with E-state index in [-0.39, 0.29) is 35.6 Å². The number of nitrogens with two attached hydrogens (primary N) is 1. The standard InChI is InChI=1S/C19H24FN3OS.ClH/c1-19(2,3)16(21)17(24)22-13-5-4-6-14-15(13)25-18(23-14)11-7-9-12(20)10-8-11;/h7-10,13,16H,4-6,21H2,1-3H3,(H,22,24);1H/t13?,16-;/m1./s1. The molecule has 142 valence electrons. The lowest BCUT2D eigenvalue weighted by atomic mass is 9.86. The molecule has 1 heterocycles. The third-order valence-corrected chi connectivity index (χ3v) is 5.83. The largest absolute Gasteiger partial charge is 0.347 e. The van der Waals surface area contributed by atoms with Crippen molar-refractivity contribution in [3.8, 4) is 10.6 Å². The SMILES string of the molecule is CC(C)(C)[C@H](N)C(=O)NC1CCCc2nc(-c3ccc(F)cc3)sc21.Cl. The summed E-state index contributed by atoms with van der Waals surface area (Å²) in [5.74, 6) is -0.381. The van der Waals surface area contributed by atoms with Gasteiger partial charge in [-0.2, -0.15) is 0 Å². The fourth-order valence-corrected chi connectivity index (χ4v) is 4.13. The summed E-state index contributed by atoms with van der Waals surface area (Å²) in [6.45, 7) is 5.88. The number of nitrogens with zero attached hydrogens (tertiary/aromatic N) is 1. The van der Waals surface area contributed by atoms with Crippen molar-refractivity contribution in [2.45, 2.75) is 52.1 Å². The van der Waals surface area contributed by atoms with Gasteiger partial charge in [0.2, 0.25) is 5.91 Å². The first-order chi connectivity index (χ1) is 11.8. The summed E-state index contributed by atoms with van der Waals surface area (Å²) in [5, 5.41) is 3.97. The van der Waals surface area contributed by atoms with Crippen LogP contribution in [0.2, 0.25) is 0 Å². The molecule has 0 saturated carbocycles. The van der Waals surface area contributed by atoms with Gasteiger partial charge in [0.1, 0.15) is 10.8 Å². The lowest BCUT2D eigenvalue weighted by molar-refractivity contribution is -0.125. The number of carbonyl (C=O) groups is 1. The van der Waals surface area contributed by atoms with Gasteiger partial charge in [-0.05, 0) is 48.9 Å². The van der Waals surface area contributed by atoms with Gasteiger partial charge in [0, 0.05) is 5.56 Å². The van der Waals surface area contributed by atoms with E-state index < -0.39 is 6.04 Å². The van der Waals surface area contributed by atoms with Gasteiger partial charge in [0.25, 0.3) is 0 Å². The average molecular weight is 398 g/mol. The van der Waals surface area contributed by atoms with E-state index in [4.69, 9.17) is 10.7 Å². The summed E-state index contributed by atoms with van der Waals surface area (Å²) in [6.07, 6.45) is 2.78. The van der Waals surface area contributed by atoms with E-state index in [2.05, 4.69) is 5.32 Å². The van der Waals surface area contributed by atoms with Gasteiger partial charge in [-0.1, -0.05) is 20.8 Å². The zero-order valence-corrected chi connectivity index (χ0v) is 16.8. The van der Waals surface area contributed by atoms with Crippen LogP contribution in [0.5, 0.6) is 0 Å². The van der Waals surface area contributed by atoms with Crippen molar-refractivity contribution in [1.82, 2.24) is 10.3 Å². The lowest BCUT2D eigenvalue weighted by Crippen LogP contribution is -2.49. The third-order valence-electron chi connectivity index (χ3n) is 4.57. The molecule has 26 heavy (non-hydrogen) atoms. The van der Waals surface area contributed by atoms with Crippen LogP contribution in [0.25, 0.3) is 10.6 Å². The van der Waals surface area contributed by atoms with Gasteiger partial charge in [0.15, 0.2) is 0 Å². The number of halogens is 2. The van der Waals surface area contributed by atoms with E-state index in [1.54, 1.807) is 23.5 Å². The zero-order chi connectivity index (χ0) is 18.2. The van der Waals surface area contributed by atoms with Gasteiger partial charge in [-0.3, -0.25) is 4.79 Å². The number of fused-ring (bicyclic) bond motifs is 1. The molecule has 4 nitrogen and oxygen atoms in total. The second-order valence-electron chi connectivity index (χ2n) is 7.63. The minimum Gasteiger partial charge on any atom is -0.347 e.